The van der Waals surface area contributed by atoms with E-state index in [0.29, 0.717) is 19.1 Å². The monoisotopic (exact) mass is 256 g/mol. The summed E-state index contributed by atoms with van der Waals surface area (Å²) in [6, 6.07) is 0.328. The molecule has 3 atom stereocenters. The van der Waals surface area contributed by atoms with Crippen molar-refractivity contribution in [3.63, 3.8) is 0 Å². The average molecular weight is 256 g/mol. The fourth-order valence-electron chi connectivity index (χ4n) is 2.32. The van der Waals surface area contributed by atoms with Crippen LogP contribution < -0.4 is 10.6 Å². The standard InChI is InChI=1S/C13H24N2O3/c1-3-9(2)14-8-12(16)15-7-10-5-4-6-11(10)13(17)18/h9-11,14H,3-8H2,1-2H3,(H,15,16)(H,17,18). The van der Waals surface area contributed by atoms with Gasteiger partial charge in [-0.05, 0) is 32.1 Å². The highest BCUT2D eigenvalue weighted by atomic mass is 16.4. The van der Waals surface area contributed by atoms with Gasteiger partial charge in [-0.15, -0.1) is 0 Å². The Kier molecular flexibility index (Phi) is 6.12. The molecule has 1 saturated carbocycles. The molecule has 0 aromatic heterocycles. The summed E-state index contributed by atoms with van der Waals surface area (Å²) in [6.45, 7) is 4.88. The Balaban J connectivity index is 2.23. The number of carbonyl (C=O) groups is 2. The summed E-state index contributed by atoms with van der Waals surface area (Å²) in [6.07, 6.45) is 3.57. The van der Waals surface area contributed by atoms with Gasteiger partial charge in [0.25, 0.3) is 0 Å². The molecule has 0 aliphatic heterocycles. The van der Waals surface area contributed by atoms with Crippen molar-refractivity contribution < 1.29 is 14.7 Å². The Morgan fingerprint density at radius 2 is 2.11 bits per heavy atom. The second-order valence-corrected chi connectivity index (χ2v) is 5.13. The molecular formula is C13H24N2O3. The van der Waals surface area contributed by atoms with Gasteiger partial charge in [0.15, 0.2) is 0 Å². The first-order chi connectivity index (χ1) is 8.54. The van der Waals surface area contributed by atoms with Crippen LogP contribution in [-0.4, -0.2) is 36.1 Å². The highest BCUT2D eigenvalue weighted by Gasteiger charge is 2.32. The number of nitrogens with one attached hydrogen (secondary N) is 2. The van der Waals surface area contributed by atoms with Gasteiger partial charge < -0.3 is 15.7 Å². The summed E-state index contributed by atoms with van der Waals surface area (Å²) < 4.78 is 0. The van der Waals surface area contributed by atoms with Crippen LogP contribution in [0.5, 0.6) is 0 Å². The third-order valence-electron chi connectivity index (χ3n) is 3.76. The summed E-state index contributed by atoms with van der Waals surface area (Å²) in [5.41, 5.74) is 0. The zero-order valence-corrected chi connectivity index (χ0v) is 11.2. The maximum Gasteiger partial charge on any atom is 0.306 e. The molecule has 5 heteroatoms. The van der Waals surface area contributed by atoms with Gasteiger partial charge in [-0.25, -0.2) is 0 Å². The molecule has 18 heavy (non-hydrogen) atoms. The van der Waals surface area contributed by atoms with Crippen molar-refractivity contribution in [2.45, 2.75) is 45.6 Å². The summed E-state index contributed by atoms with van der Waals surface area (Å²) in [4.78, 5) is 22.6. The van der Waals surface area contributed by atoms with Crippen molar-refractivity contribution in [1.82, 2.24) is 10.6 Å². The first-order valence-electron chi connectivity index (χ1n) is 6.77. The van der Waals surface area contributed by atoms with Crippen LogP contribution in [0.1, 0.15) is 39.5 Å². The number of carboxylic acid groups (broad SMARTS) is 1. The van der Waals surface area contributed by atoms with Crippen LogP contribution >= 0.6 is 0 Å². The van der Waals surface area contributed by atoms with E-state index in [1.165, 1.54) is 0 Å². The molecule has 0 radical (unpaired) electrons. The smallest absolute Gasteiger partial charge is 0.306 e. The number of amides is 1. The van der Waals surface area contributed by atoms with Crippen LogP contribution in [0.3, 0.4) is 0 Å². The third kappa shape index (κ3) is 4.64. The van der Waals surface area contributed by atoms with Crippen LogP contribution in [0.15, 0.2) is 0 Å². The van der Waals surface area contributed by atoms with Crippen LogP contribution in [0.2, 0.25) is 0 Å². The van der Waals surface area contributed by atoms with Gasteiger partial charge in [-0.2, -0.15) is 0 Å². The quantitative estimate of drug-likeness (QED) is 0.635. The van der Waals surface area contributed by atoms with Crippen molar-refractivity contribution in [1.29, 1.82) is 0 Å². The SMILES string of the molecule is CCC(C)NCC(=O)NCC1CCCC1C(=O)O. The van der Waals surface area contributed by atoms with E-state index in [0.717, 1.165) is 25.7 Å². The van der Waals surface area contributed by atoms with Crippen LogP contribution in [0.4, 0.5) is 0 Å². The Labute approximate surface area is 108 Å². The molecule has 3 unspecified atom stereocenters. The van der Waals surface area contributed by atoms with E-state index >= 15 is 0 Å². The van der Waals surface area contributed by atoms with E-state index in [2.05, 4.69) is 17.6 Å². The first kappa shape index (κ1) is 15.0. The van der Waals surface area contributed by atoms with Crippen molar-refractivity contribution in [3.8, 4) is 0 Å². The van der Waals surface area contributed by atoms with Gasteiger partial charge in [0.2, 0.25) is 5.91 Å². The predicted molar refractivity (Wildman–Crippen MR) is 69.2 cm³/mol. The summed E-state index contributed by atoms with van der Waals surface area (Å²) >= 11 is 0. The molecule has 0 aromatic carbocycles. The number of hydrogen-bond acceptors (Lipinski definition) is 3. The third-order valence-corrected chi connectivity index (χ3v) is 3.76. The highest BCUT2D eigenvalue weighted by molar-refractivity contribution is 5.78. The van der Waals surface area contributed by atoms with Gasteiger partial charge in [0, 0.05) is 12.6 Å². The topological polar surface area (TPSA) is 78.4 Å². The predicted octanol–water partition coefficient (Wildman–Crippen LogP) is 0.992. The maximum atomic E-state index is 11.6. The number of carboxylic acids is 1. The molecule has 1 amide bonds. The molecule has 1 fully saturated rings. The Morgan fingerprint density at radius 1 is 1.39 bits per heavy atom. The maximum absolute atomic E-state index is 11.6. The van der Waals surface area contributed by atoms with Crippen molar-refractivity contribution in [3.05, 3.63) is 0 Å². The van der Waals surface area contributed by atoms with Gasteiger partial charge in [0.05, 0.1) is 12.5 Å². The molecule has 1 aliphatic rings. The van der Waals surface area contributed by atoms with Gasteiger partial charge in [0.1, 0.15) is 0 Å². The molecule has 1 aliphatic carbocycles. The van der Waals surface area contributed by atoms with Gasteiger partial charge >= 0.3 is 5.97 Å². The Hall–Kier alpha value is -1.10. The molecule has 0 heterocycles. The zero-order chi connectivity index (χ0) is 13.5. The minimum absolute atomic E-state index is 0.0497. The van der Waals surface area contributed by atoms with Crippen molar-refractivity contribution in [2.75, 3.05) is 13.1 Å². The Bertz CT molecular complexity index is 294. The second kappa shape index (κ2) is 7.36. The largest absolute Gasteiger partial charge is 0.481 e. The van der Waals surface area contributed by atoms with Crippen LogP contribution in [-0.2, 0) is 9.59 Å². The molecule has 0 saturated heterocycles. The molecule has 0 aromatic rings. The number of hydrogen-bond donors (Lipinski definition) is 3. The molecule has 0 spiro atoms. The van der Waals surface area contributed by atoms with E-state index in [1.54, 1.807) is 0 Å². The number of rotatable bonds is 7. The van der Waals surface area contributed by atoms with Crippen LogP contribution in [0.25, 0.3) is 0 Å². The fraction of sp³-hybridized carbons (Fsp3) is 0.846. The lowest BCUT2D eigenvalue weighted by Gasteiger charge is -2.17. The molecule has 3 N–H and O–H groups in total. The molecule has 104 valence electrons. The van der Waals surface area contributed by atoms with E-state index in [-0.39, 0.29) is 17.7 Å². The molecule has 0 bridgehead atoms. The van der Waals surface area contributed by atoms with Gasteiger partial charge in [-0.1, -0.05) is 13.3 Å². The first-order valence-corrected chi connectivity index (χ1v) is 6.77. The lowest BCUT2D eigenvalue weighted by atomic mass is 9.96. The summed E-state index contributed by atoms with van der Waals surface area (Å²) in [5.74, 6) is -0.973. The number of carbonyl (C=O) groups excluding carboxylic acids is 1. The van der Waals surface area contributed by atoms with E-state index in [1.807, 2.05) is 6.92 Å². The zero-order valence-electron chi connectivity index (χ0n) is 11.2. The van der Waals surface area contributed by atoms with E-state index in [4.69, 9.17) is 5.11 Å². The minimum atomic E-state index is -0.732. The average Bonchev–Trinajstić information content (AvgIpc) is 2.81. The van der Waals surface area contributed by atoms with Crippen molar-refractivity contribution >= 4 is 11.9 Å². The minimum Gasteiger partial charge on any atom is -0.481 e. The highest BCUT2D eigenvalue weighted by Crippen LogP contribution is 2.31. The molecular weight excluding hydrogens is 232 g/mol. The van der Waals surface area contributed by atoms with Crippen LogP contribution in [0, 0.1) is 11.8 Å². The normalized spacial score (nSPS) is 24.8. The molecule has 1 rings (SSSR count). The lowest BCUT2D eigenvalue weighted by Crippen LogP contribution is -2.40. The second-order valence-electron chi connectivity index (χ2n) is 5.13. The molecule has 5 nitrogen and oxygen atoms in total. The van der Waals surface area contributed by atoms with E-state index in [9.17, 15) is 9.59 Å². The van der Waals surface area contributed by atoms with E-state index < -0.39 is 5.97 Å². The number of aliphatic carboxylic acids is 1. The summed E-state index contributed by atoms with van der Waals surface area (Å²) in [5, 5.41) is 15.0. The lowest BCUT2D eigenvalue weighted by molar-refractivity contribution is -0.143. The Morgan fingerprint density at radius 3 is 2.72 bits per heavy atom. The van der Waals surface area contributed by atoms with Crippen molar-refractivity contribution in [2.24, 2.45) is 11.8 Å². The van der Waals surface area contributed by atoms with Gasteiger partial charge in [-0.3, -0.25) is 9.59 Å². The fourth-order valence-corrected chi connectivity index (χ4v) is 2.32. The summed E-state index contributed by atoms with van der Waals surface area (Å²) in [7, 11) is 0.